The molecule has 5 rings (SSSR count). The van der Waals surface area contributed by atoms with Gasteiger partial charge < -0.3 is 18.6 Å². The quantitative estimate of drug-likeness (QED) is 0.202. The third-order valence-corrected chi connectivity index (χ3v) is 8.10. The molecular weight excluding hydrogens is 603 g/mol. The maximum atomic E-state index is 13.9. The van der Waals surface area contributed by atoms with Crippen LogP contribution in [0.5, 0.6) is 11.5 Å². The average molecular weight is 628 g/mol. The summed E-state index contributed by atoms with van der Waals surface area (Å²) in [4.78, 5) is 43.6. The number of ether oxygens (including phenoxy) is 3. The number of nitrogens with zero attached hydrogens (tertiary/aromatic N) is 2. The summed E-state index contributed by atoms with van der Waals surface area (Å²) in [5.74, 6) is 0.330. The lowest BCUT2D eigenvalue weighted by molar-refractivity contribution is -0.139. The fraction of sp³-hybridized carbons (Fsp3) is 0.200. The monoisotopic (exact) mass is 626 g/mol. The molecule has 0 saturated heterocycles. The van der Waals surface area contributed by atoms with E-state index in [9.17, 15) is 14.4 Å². The maximum Gasteiger partial charge on any atom is 0.338 e. The Balaban J connectivity index is 1.64. The van der Waals surface area contributed by atoms with Crippen LogP contribution in [0.15, 0.2) is 74.0 Å². The van der Waals surface area contributed by atoms with Crippen LogP contribution in [0.3, 0.4) is 0 Å². The van der Waals surface area contributed by atoms with Crippen molar-refractivity contribution in [2.45, 2.75) is 26.8 Å². The summed E-state index contributed by atoms with van der Waals surface area (Å²) >= 11 is 13.4. The molecule has 3 heterocycles. The maximum absolute atomic E-state index is 13.9. The van der Waals surface area contributed by atoms with Crippen molar-refractivity contribution in [1.29, 1.82) is 0 Å². The summed E-state index contributed by atoms with van der Waals surface area (Å²) < 4.78 is 23.8. The van der Waals surface area contributed by atoms with Crippen molar-refractivity contribution >= 4 is 52.6 Å². The fourth-order valence-corrected chi connectivity index (χ4v) is 5.89. The van der Waals surface area contributed by atoms with Gasteiger partial charge in [-0.05, 0) is 61.9 Å². The van der Waals surface area contributed by atoms with Crippen LogP contribution < -0.4 is 24.4 Å². The van der Waals surface area contributed by atoms with Crippen LogP contribution >= 0.6 is 34.5 Å². The van der Waals surface area contributed by atoms with Crippen LogP contribution in [0.25, 0.3) is 17.4 Å². The molecule has 12 heteroatoms. The van der Waals surface area contributed by atoms with Crippen molar-refractivity contribution < 1.29 is 28.2 Å². The zero-order chi connectivity index (χ0) is 30.1. The second-order valence-corrected chi connectivity index (χ2v) is 11.0. The number of furan rings is 1. The standard InChI is InChI=1S/C30H24Cl2N2O7S/c1-5-39-29(37)26-15(2)33-30-34(27(26)18-7-10-23(40-16(3)35)24(13-18)38-4)28(36)25(42-30)14-19-8-11-22(41-19)17-6-9-20(31)21(32)12-17/h6-14,27H,5H2,1-4H3/b25-14+/t27-/m0/s1. The molecule has 4 aromatic rings. The van der Waals surface area contributed by atoms with E-state index in [0.717, 1.165) is 16.9 Å². The Morgan fingerprint density at radius 1 is 1.10 bits per heavy atom. The highest BCUT2D eigenvalue weighted by molar-refractivity contribution is 7.07. The SMILES string of the molecule is CCOC(=O)C1=C(C)N=c2s/c(=C/c3ccc(-c4ccc(Cl)c(Cl)c4)o3)c(=O)n2[C@H]1c1ccc(OC(C)=O)c(OC)c1. The molecule has 1 aliphatic rings. The second kappa shape index (κ2) is 12.0. The highest BCUT2D eigenvalue weighted by atomic mass is 35.5. The number of methoxy groups -OCH3 is 1. The van der Waals surface area contributed by atoms with Gasteiger partial charge in [-0.2, -0.15) is 0 Å². The van der Waals surface area contributed by atoms with Gasteiger partial charge in [0.1, 0.15) is 11.5 Å². The number of benzene rings is 2. The normalized spacial score (nSPS) is 14.8. The van der Waals surface area contributed by atoms with Gasteiger partial charge in [-0.3, -0.25) is 14.2 Å². The molecule has 9 nitrogen and oxygen atoms in total. The van der Waals surface area contributed by atoms with Gasteiger partial charge in [-0.25, -0.2) is 9.79 Å². The van der Waals surface area contributed by atoms with E-state index in [1.54, 1.807) is 68.5 Å². The van der Waals surface area contributed by atoms with Gasteiger partial charge in [0, 0.05) is 18.6 Å². The lowest BCUT2D eigenvalue weighted by Crippen LogP contribution is -2.39. The molecule has 0 fully saturated rings. The summed E-state index contributed by atoms with van der Waals surface area (Å²) in [5.41, 5.74) is 1.50. The second-order valence-electron chi connectivity index (χ2n) is 9.14. The van der Waals surface area contributed by atoms with Crippen LogP contribution in [0, 0.1) is 0 Å². The predicted octanol–water partition coefficient (Wildman–Crippen LogP) is 5.30. The van der Waals surface area contributed by atoms with E-state index in [0.29, 0.717) is 42.2 Å². The van der Waals surface area contributed by atoms with Crippen molar-refractivity contribution in [1.82, 2.24) is 4.57 Å². The molecule has 0 unspecified atom stereocenters. The first kappa shape index (κ1) is 29.4. The molecule has 1 aliphatic heterocycles. The van der Waals surface area contributed by atoms with E-state index in [-0.39, 0.29) is 29.2 Å². The predicted molar refractivity (Wildman–Crippen MR) is 159 cm³/mol. The zero-order valence-electron chi connectivity index (χ0n) is 22.9. The van der Waals surface area contributed by atoms with Crippen molar-refractivity contribution in [2.75, 3.05) is 13.7 Å². The third kappa shape index (κ3) is 5.65. The highest BCUT2D eigenvalue weighted by Gasteiger charge is 2.34. The molecule has 216 valence electrons. The number of fused-ring (bicyclic) bond motifs is 1. The molecule has 0 amide bonds. The Morgan fingerprint density at radius 3 is 2.57 bits per heavy atom. The lowest BCUT2D eigenvalue weighted by Gasteiger charge is -2.25. The van der Waals surface area contributed by atoms with Gasteiger partial charge >= 0.3 is 11.9 Å². The minimum Gasteiger partial charge on any atom is -0.493 e. The zero-order valence-corrected chi connectivity index (χ0v) is 25.2. The van der Waals surface area contributed by atoms with E-state index < -0.39 is 18.0 Å². The highest BCUT2D eigenvalue weighted by Crippen LogP contribution is 2.36. The number of hydrogen-bond acceptors (Lipinski definition) is 9. The van der Waals surface area contributed by atoms with Gasteiger partial charge in [-0.15, -0.1) is 0 Å². The van der Waals surface area contributed by atoms with E-state index in [4.69, 9.17) is 41.8 Å². The molecule has 1 atom stereocenters. The molecule has 0 aliphatic carbocycles. The molecule has 0 N–H and O–H groups in total. The number of carbonyl (C=O) groups excluding carboxylic acids is 2. The van der Waals surface area contributed by atoms with Crippen LogP contribution in [0.1, 0.15) is 38.1 Å². The third-order valence-electron chi connectivity index (χ3n) is 6.38. The summed E-state index contributed by atoms with van der Waals surface area (Å²) in [6.45, 7) is 4.81. The molecule has 42 heavy (non-hydrogen) atoms. The van der Waals surface area contributed by atoms with Gasteiger partial charge in [0.15, 0.2) is 16.3 Å². The van der Waals surface area contributed by atoms with E-state index in [2.05, 4.69) is 4.99 Å². The van der Waals surface area contributed by atoms with Crippen LogP contribution in [-0.2, 0) is 14.3 Å². The van der Waals surface area contributed by atoms with Crippen molar-refractivity contribution in [3.05, 3.63) is 101 Å². The molecule has 2 aromatic carbocycles. The number of thiazole rings is 1. The van der Waals surface area contributed by atoms with Crippen molar-refractivity contribution in [2.24, 2.45) is 4.99 Å². The Labute approximate surface area is 253 Å². The Morgan fingerprint density at radius 2 is 1.88 bits per heavy atom. The van der Waals surface area contributed by atoms with Crippen LogP contribution in [0.4, 0.5) is 0 Å². The van der Waals surface area contributed by atoms with E-state index >= 15 is 0 Å². The summed E-state index contributed by atoms with van der Waals surface area (Å²) in [5, 5.41) is 0.824. The minimum atomic E-state index is -0.883. The van der Waals surface area contributed by atoms with Crippen molar-refractivity contribution in [3.8, 4) is 22.8 Å². The van der Waals surface area contributed by atoms with Crippen molar-refractivity contribution in [3.63, 3.8) is 0 Å². The smallest absolute Gasteiger partial charge is 0.338 e. The number of hydrogen-bond donors (Lipinski definition) is 0. The minimum absolute atomic E-state index is 0.140. The number of carbonyl (C=O) groups is 2. The first-order chi connectivity index (χ1) is 20.1. The summed E-state index contributed by atoms with van der Waals surface area (Å²) in [7, 11) is 1.43. The van der Waals surface area contributed by atoms with Crippen LogP contribution in [-0.4, -0.2) is 30.2 Å². The van der Waals surface area contributed by atoms with E-state index in [1.165, 1.54) is 18.6 Å². The lowest BCUT2D eigenvalue weighted by atomic mass is 9.95. The first-order valence-electron chi connectivity index (χ1n) is 12.7. The number of aromatic nitrogens is 1. The molecular formula is C30H24Cl2N2O7S. The number of allylic oxidation sites excluding steroid dienone is 1. The Hall–Kier alpha value is -4.12. The van der Waals surface area contributed by atoms with E-state index in [1.807, 2.05) is 0 Å². The fourth-order valence-electron chi connectivity index (χ4n) is 4.56. The molecule has 0 bridgehead atoms. The average Bonchev–Trinajstić information content (AvgIpc) is 3.53. The summed E-state index contributed by atoms with van der Waals surface area (Å²) in [6, 6.07) is 12.6. The summed E-state index contributed by atoms with van der Waals surface area (Å²) in [6.07, 6.45) is 1.62. The molecule has 0 radical (unpaired) electrons. The largest absolute Gasteiger partial charge is 0.493 e. The molecule has 0 spiro atoms. The number of rotatable bonds is 7. The van der Waals surface area contributed by atoms with Gasteiger partial charge in [0.2, 0.25) is 0 Å². The molecule has 0 saturated carbocycles. The van der Waals surface area contributed by atoms with Gasteiger partial charge in [-0.1, -0.05) is 40.6 Å². The van der Waals surface area contributed by atoms with Crippen LogP contribution in [0.2, 0.25) is 10.0 Å². The van der Waals surface area contributed by atoms with Gasteiger partial charge in [0.25, 0.3) is 5.56 Å². The number of halogens is 2. The topological polar surface area (TPSA) is 109 Å². The first-order valence-corrected chi connectivity index (χ1v) is 14.3. The molecule has 2 aromatic heterocycles. The Bertz CT molecular complexity index is 1940. The Kier molecular flexibility index (Phi) is 8.40. The number of esters is 2. The van der Waals surface area contributed by atoms with Gasteiger partial charge in [0.05, 0.1) is 45.6 Å².